The minimum absolute atomic E-state index is 0.0284. The molecule has 1 aliphatic heterocycles. The second-order valence-electron chi connectivity index (χ2n) is 8.03. The van der Waals surface area contributed by atoms with E-state index < -0.39 is 0 Å². The van der Waals surface area contributed by atoms with E-state index in [4.69, 9.17) is 9.84 Å². The number of phenolic OH excluding ortho intramolecular Hbond substituents is 1. The van der Waals surface area contributed by atoms with E-state index >= 15 is 0 Å². The summed E-state index contributed by atoms with van der Waals surface area (Å²) < 4.78 is 7.59. The molecule has 0 saturated carbocycles. The Labute approximate surface area is 232 Å². The van der Waals surface area contributed by atoms with E-state index in [1.807, 2.05) is 66.7 Å². The van der Waals surface area contributed by atoms with Crippen LogP contribution in [0.3, 0.4) is 0 Å². The minimum atomic E-state index is -0.174. The highest BCUT2D eigenvalue weighted by molar-refractivity contribution is 9.10. The molecule has 1 unspecified atom stereocenters. The first kappa shape index (κ1) is 28.0. The van der Waals surface area contributed by atoms with Crippen molar-refractivity contribution in [3.05, 3.63) is 128 Å². The van der Waals surface area contributed by atoms with Crippen LogP contribution in [0, 0.1) is 0 Å². The van der Waals surface area contributed by atoms with Crippen molar-refractivity contribution < 1.29 is 24.2 Å². The van der Waals surface area contributed by atoms with Crippen LogP contribution in [0.15, 0.2) is 106 Å². The molecule has 1 atom stereocenters. The van der Waals surface area contributed by atoms with E-state index in [1.54, 1.807) is 24.3 Å². The van der Waals surface area contributed by atoms with Gasteiger partial charge in [0.05, 0.1) is 17.5 Å². The highest BCUT2D eigenvalue weighted by atomic mass is 79.9. The standard InChI is InChI=1S/C15H11BrO2.C8H7BrO2.C7H6O/c16-11-6-7-14-12(8-11)13(17)9-15(18-14)10-4-2-1-3-5-10;1-5(10)7-4-6(9)2-3-8(7)11;8-6-7-4-2-1-3-5-7/h1-8,15H,9H2;2-4,11H,1H3;1-6H. The average molecular weight is 624 g/mol. The first-order chi connectivity index (χ1) is 17.8. The lowest BCUT2D eigenvalue weighted by Crippen LogP contribution is -2.20. The molecule has 0 aliphatic carbocycles. The zero-order chi connectivity index (χ0) is 26.8. The number of aromatic hydroxyl groups is 1. The van der Waals surface area contributed by atoms with Gasteiger partial charge in [-0.1, -0.05) is 92.5 Å². The maximum absolute atomic E-state index is 12.1. The normalized spacial score (nSPS) is 13.5. The lowest BCUT2D eigenvalue weighted by atomic mass is 9.96. The number of hydrogen-bond donors (Lipinski definition) is 1. The molecule has 0 bridgehead atoms. The third kappa shape index (κ3) is 8.23. The van der Waals surface area contributed by atoms with E-state index in [0.29, 0.717) is 23.3 Å². The van der Waals surface area contributed by atoms with Crippen LogP contribution in [0.4, 0.5) is 0 Å². The van der Waals surface area contributed by atoms with Crippen molar-refractivity contribution in [2.45, 2.75) is 19.4 Å². The number of carbonyl (C=O) groups is 3. The van der Waals surface area contributed by atoms with Crippen molar-refractivity contribution in [3.8, 4) is 11.5 Å². The number of carbonyl (C=O) groups excluding carboxylic acids is 3. The third-order valence-electron chi connectivity index (χ3n) is 5.33. The fourth-order valence-corrected chi connectivity index (χ4v) is 4.19. The minimum Gasteiger partial charge on any atom is -0.507 e. The lowest BCUT2D eigenvalue weighted by Gasteiger charge is -2.25. The van der Waals surface area contributed by atoms with Crippen LogP contribution in [-0.2, 0) is 0 Å². The van der Waals surface area contributed by atoms with Gasteiger partial charge in [0.1, 0.15) is 23.9 Å². The number of ketones is 2. The number of aldehydes is 1. The Morgan fingerprint density at radius 3 is 2.05 bits per heavy atom. The van der Waals surface area contributed by atoms with Gasteiger partial charge in [0.25, 0.3) is 0 Å². The second-order valence-corrected chi connectivity index (χ2v) is 9.86. The molecule has 0 aromatic heterocycles. The van der Waals surface area contributed by atoms with Crippen molar-refractivity contribution in [2.24, 2.45) is 0 Å². The van der Waals surface area contributed by atoms with Crippen LogP contribution in [-0.4, -0.2) is 23.0 Å². The molecule has 0 saturated heterocycles. The number of Topliss-reactive ketones (excluding diaryl/α,β-unsaturated/α-hetero) is 2. The Morgan fingerprint density at radius 1 is 0.892 bits per heavy atom. The van der Waals surface area contributed by atoms with Gasteiger partial charge < -0.3 is 9.84 Å². The third-order valence-corrected chi connectivity index (χ3v) is 6.31. The lowest BCUT2D eigenvalue weighted by molar-refractivity contribution is 0.0849. The van der Waals surface area contributed by atoms with Gasteiger partial charge in [0.15, 0.2) is 11.6 Å². The Bertz CT molecular complexity index is 1370. The van der Waals surface area contributed by atoms with Gasteiger partial charge in [-0.05, 0) is 48.9 Å². The van der Waals surface area contributed by atoms with Crippen molar-refractivity contribution in [3.63, 3.8) is 0 Å². The monoisotopic (exact) mass is 622 g/mol. The molecule has 1 N–H and O–H groups in total. The quantitative estimate of drug-likeness (QED) is 0.185. The molecule has 0 radical (unpaired) electrons. The molecule has 188 valence electrons. The number of hydrogen-bond acceptors (Lipinski definition) is 5. The summed E-state index contributed by atoms with van der Waals surface area (Å²) in [6, 6.07) is 29.3. The molecule has 0 fully saturated rings. The maximum Gasteiger partial charge on any atom is 0.170 e. The fourth-order valence-electron chi connectivity index (χ4n) is 3.47. The van der Waals surface area contributed by atoms with Crippen molar-refractivity contribution in [1.82, 2.24) is 0 Å². The molecule has 5 rings (SSSR count). The van der Waals surface area contributed by atoms with Crippen LogP contribution in [0.1, 0.15) is 56.1 Å². The molecule has 5 nitrogen and oxygen atoms in total. The van der Waals surface area contributed by atoms with Gasteiger partial charge in [0, 0.05) is 14.5 Å². The van der Waals surface area contributed by atoms with E-state index in [9.17, 15) is 14.4 Å². The second kappa shape index (κ2) is 13.7. The van der Waals surface area contributed by atoms with Crippen LogP contribution in [0.5, 0.6) is 11.5 Å². The van der Waals surface area contributed by atoms with Crippen molar-refractivity contribution in [1.29, 1.82) is 0 Å². The molecule has 7 heteroatoms. The van der Waals surface area contributed by atoms with E-state index in [1.165, 1.54) is 13.0 Å². The highest BCUT2D eigenvalue weighted by Crippen LogP contribution is 2.36. The first-order valence-corrected chi connectivity index (χ1v) is 12.9. The number of benzene rings is 4. The zero-order valence-electron chi connectivity index (χ0n) is 19.9. The van der Waals surface area contributed by atoms with Crippen LogP contribution < -0.4 is 4.74 Å². The predicted octanol–water partition coefficient (Wildman–Crippen LogP) is 8.01. The van der Waals surface area contributed by atoms with E-state index in [-0.39, 0.29) is 23.4 Å². The molecule has 4 aromatic carbocycles. The van der Waals surface area contributed by atoms with Crippen molar-refractivity contribution in [2.75, 3.05) is 0 Å². The Kier molecular flexibility index (Phi) is 10.4. The van der Waals surface area contributed by atoms with Gasteiger partial charge in [-0.15, -0.1) is 0 Å². The summed E-state index contributed by atoms with van der Waals surface area (Å²) >= 11 is 6.57. The summed E-state index contributed by atoms with van der Waals surface area (Å²) in [5.74, 6) is 0.694. The van der Waals surface area contributed by atoms with Gasteiger partial charge in [-0.3, -0.25) is 14.4 Å². The summed E-state index contributed by atoms with van der Waals surface area (Å²) in [7, 11) is 0. The number of phenols is 1. The molecule has 37 heavy (non-hydrogen) atoms. The first-order valence-electron chi connectivity index (χ1n) is 11.3. The smallest absolute Gasteiger partial charge is 0.170 e. The predicted molar refractivity (Wildman–Crippen MR) is 151 cm³/mol. The number of rotatable bonds is 3. The largest absolute Gasteiger partial charge is 0.507 e. The summed E-state index contributed by atoms with van der Waals surface area (Å²) in [6.45, 7) is 1.42. The molecule has 1 aliphatic rings. The number of fused-ring (bicyclic) bond motifs is 1. The van der Waals surface area contributed by atoms with Gasteiger partial charge in [-0.25, -0.2) is 0 Å². The van der Waals surface area contributed by atoms with Gasteiger partial charge in [0.2, 0.25) is 0 Å². The summed E-state index contributed by atoms with van der Waals surface area (Å²) in [4.78, 5) is 33.0. The fraction of sp³-hybridized carbons (Fsp3) is 0.100. The van der Waals surface area contributed by atoms with Gasteiger partial charge in [-0.2, -0.15) is 0 Å². The summed E-state index contributed by atoms with van der Waals surface area (Å²) in [5, 5.41) is 9.16. The number of ether oxygens (including phenoxy) is 1. The molecule has 4 aromatic rings. The molecule has 0 amide bonds. The Morgan fingerprint density at radius 2 is 1.49 bits per heavy atom. The van der Waals surface area contributed by atoms with Gasteiger partial charge >= 0.3 is 0 Å². The SMILES string of the molecule is CC(=O)c1cc(Br)ccc1O.O=C1CC(c2ccccc2)Oc2ccc(Br)cc21.O=Cc1ccccc1. The zero-order valence-corrected chi connectivity index (χ0v) is 23.1. The summed E-state index contributed by atoms with van der Waals surface area (Å²) in [6.07, 6.45) is 1.06. The molecule has 0 spiro atoms. The summed E-state index contributed by atoms with van der Waals surface area (Å²) in [5.41, 5.74) is 2.78. The topological polar surface area (TPSA) is 80.7 Å². The molecular weight excluding hydrogens is 600 g/mol. The highest BCUT2D eigenvalue weighted by Gasteiger charge is 2.27. The molecular formula is C30H24Br2O5. The Balaban J connectivity index is 0.000000171. The van der Waals surface area contributed by atoms with Crippen molar-refractivity contribution >= 4 is 49.7 Å². The van der Waals surface area contributed by atoms with Crippen LogP contribution >= 0.6 is 31.9 Å². The van der Waals surface area contributed by atoms with E-state index in [2.05, 4.69) is 31.9 Å². The van der Waals surface area contributed by atoms with E-state index in [0.717, 1.165) is 26.4 Å². The maximum atomic E-state index is 12.1. The van der Waals surface area contributed by atoms with Crippen LogP contribution in [0.25, 0.3) is 0 Å². The Hall–Kier alpha value is -3.55. The average Bonchev–Trinajstić information content (AvgIpc) is 2.92. The number of halogens is 2. The molecule has 1 heterocycles. The van der Waals surface area contributed by atoms with Crippen LogP contribution in [0.2, 0.25) is 0 Å².